The van der Waals surface area contributed by atoms with E-state index in [0.29, 0.717) is 0 Å². The maximum Gasteiger partial charge on any atom is 0.328 e. The molecule has 0 radical (unpaired) electrons. The van der Waals surface area contributed by atoms with Crippen molar-refractivity contribution < 1.29 is 9.90 Å². The molecule has 3 rings (SSSR count). The highest BCUT2D eigenvalue weighted by atomic mass is 32.1. The summed E-state index contributed by atoms with van der Waals surface area (Å²) in [5.74, 6) is -0.909. The predicted octanol–water partition coefficient (Wildman–Crippen LogP) is 3.41. The van der Waals surface area contributed by atoms with Crippen LogP contribution in [-0.2, 0) is 17.8 Å². The zero-order valence-corrected chi connectivity index (χ0v) is 11.8. The molecule has 0 amide bonds. The summed E-state index contributed by atoms with van der Waals surface area (Å²) in [6.45, 7) is 1.87. The topological polar surface area (TPSA) is 40.5 Å². The molecule has 1 N–H and O–H groups in total. The largest absolute Gasteiger partial charge is 0.478 e. The normalized spacial score (nSPS) is 13.9. The van der Waals surface area contributed by atoms with E-state index in [9.17, 15) is 4.79 Å². The van der Waals surface area contributed by atoms with Crippen LogP contribution in [0, 0.1) is 0 Å². The third-order valence-electron chi connectivity index (χ3n) is 3.50. The second kappa shape index (κ2) is 5.51. The smallest absolute Gasteiger partial charge is 0.328 e. The lowest BCUT2D eigenvalue weighted by molar-refractivity contribution is -0.131. The number of fused-ring (bicyclic) bond motifs is 1. The first kappa shape index (κ1) is 12.9. The Balaban J connectivity index is 1.80. The standard InChI is InChI=1S/C16H15NO2S/c18-16(19)6-5-13-8-10-20-15(13)11-17-9-7-12-3-1-2-4-14(12)17/h1-6,8,10H,7,9,11H2,(H,18,19). The molecule has 1 aromatic heterocycles. The number of thiophene rings is 1. The van der Waals surface area contributed by atoms with Crippen molar-refractivity contribution in [3.8, 4) is 0 Å². The van der Waals surface area contributed by atoms with E-state index in [1.54, 1.807) is 17.4 Å². The first-order valence-electron chi connectivity index (χ1n) is 6.54. The third kappa shape index (κ3) is 2.60. The number of anilines is 1. The summed E-state index contributed by atoms with van der Waals surface area (Å²) in [6.07, 6.45) is 3.96. The van der Waals surface area contributed by atoms with Crippen LogP contribution in [0.2, 0.25) is 0 Å². The van der Waals surface area contributed by atoms with Gasteiger partial charge in [-0.3, -0.25) is 0 Å². The molecule has 1 aromatic carbocycles. The van der Waals surface area contributed by atoms with Gasteiger partial charge in [-0.2, -0.15) is 0 Å². The summed E-state index contributed by atoms with van der Waals surface area (Å²) < 4.78 is 0. The predicted molar refractivity (Wildman–Crippen MR) is 82.2 cm³/mol. The van der Waals surface area contributed by atoms with Crippen LogP contribution < -0.4 is 4.90 Å². The van der Waals surface area contributed by atoms with Crippen molar-refractivity contribution in [1.82, 2.24) is 0 Å². The first-order chi connectivity index (χ1) is 9.74. The lowest BCUT2D eigenvalue weighted by Gasteiger charge is -2.19. The van der Waals surface area contributed by atoms with Crippen LogP contribution in [0.4, 0.5) is 5.69 Å². The van der Waals surface area contributed by atoms with E-state index in [-0.39, 0.29) is 0 Å². The summed E-state index contributed by atoms with van der Waals surface area (Å²) in [6, 6.07) is 10.4. The molecule has 4 heteroatoms. The average molecular weight is 285 g/mol. The van der Waals surface area contributed by atoms with Gasteiger partial charge in [-0.1, -0.05) is 18.2 Å². The van der Waals surface area contributed by atoms with E-state index < -0.39 is 5.97 Å². The molecule has 0 unspecified atom stereocenters. The average Bonchev–Trinajstić information content (AvgIpc) is 3.05. The van der Waals surface area contributed by atoms with Gasteiger partial charge >= 0.3 is 5.97 Å². The Morgan fingerprint density at radius 1 is 1.35 bits per heavy atom. The first-order valence-corrected chi connectivity index (χ1v) is 7.42. The molecule has 2 heterocycles. The number of carboxylic acids is 1. The molecule has 2 aromatic rings. The SMILES string of the molecule is O=C(O)C=Cc1ccsc1CN1CCc2ccccc21. The summed E-state index contributed by atoms with van der Waals surface area (Å²) in [7, 11) is 0. The summed E-state index contributed by atoms with van der Waals surface area (Å²) in [5, 5.41) is 10.7. The van der Waals surface area contributed by atoms with Gasteiger partial charge in [0.15, 0.2) is 0 Å². The lowest BCUT2D eigenvalue weighted by Crippen LogP contribution is -2.19. The van der Waals surface area contributed by atoms with Crippen molar-refractivity contribution in [2.75, 3.05) is 11.4 Å². The Morgan fingerprint density at radius 3 is 3.05 bits per heavy atom. The maximum atomic E-state index is 10.6. The van der Waals surface area contributed by atoms with Gasteiger partial charge in [0.05, 0.1) is 6.54 Å². The maximum absolute atomic E-state index is 10.6. The Labute approximate surface area is 121 Å². The number of para-hydroxylation sites is 1. The molecule has 0 saturated heterocycles. The second-order valence-corrected chi connectivity index (χ2v) is 5.77. The number of rotatable bonds is 4. The fourth-order valence-corrected chi connectivity index (χ4v) is 3.41. The van der Waals surface area contributed by atoms with E-state index in [4.69, 9.17) is 5.11 Å². The van der Waals surface area contributed by atoms with Crippen molar-refractivity contribution in [2.24, 2.45) is 0 Å². The minimum atomic E-state index is -0.909. The van der Waals surface area contributed by atoms with Gasteiger partial charge in [-0.05, 0) is 41.1 Å². The van der Waals surface area contributed by atoms with Gasteiger partial charge < -0.3 is 10.0 Å². The highest BCUT2D eigenvalue weighted by molar-refractivity contribution is 7.10. The zero-order chi connectivity index (χ0) is 13.9. The number of carboxylic acid groups (broad SMARTS) is 1. The number of carbonyl (C=O) groups is 1. The van der Waals surface area contributed by atoms with Gasteiger partial charge in [-0.15, -0.1) is 11.3 Å². The van der Waals surface area contributed by atoms with E-state index in [0.717, 1.165) is 25.1 Å². The molecule has 0 aliphatic carbocycles. The van der Waals surface area contributed by atoms with E-state index in [1.165, 1.54) is 22.2 Å². The monoisotopic (exact) mass is 285 g/mol. The number of hydrogen-bond donors (Lipinski definition) is 1. The summed E-state index contributed by atoms with van der Waals surface area (Å²) >= 11 is 1.68. The number of nitrogens with zero attached hydrogens (tertiary/aromatic N) is 1. The zero-order valence-electron chi connectivity index (χ0n) is 11.0. The van der Waals surface area contributed by atoms with E-state index in [2.05, 4.69) is 29.2 Å². The molecular formula is C16H15NO2S. The van der Waals surface area contributed by atoms with Crippen molar-refractivity contribution >= 4 is 29.1 Å². The molecule has 0 fully saturated rings. The summed E-state index contributed by atoms with van der Waals surface area (Å²) in [5.41, 5.74) is 3.70. The fraction of sp³-hybridized carbons (Fsp3) is 0.188. The van der Waals surface area contributed by atoms with Gasteiger partial charge in [0.1, 0.15) is 0 Å². The van der Waals surface area contributed by atoms with Crippen molar-refractivity contribution in [3.63, 3.8) is 0 Å². The Hall–Kier alpha value is -2.07. The molecule has 0 atom stereocenters. The molecule has 0 spiro atoms. The second-order valence-electron chi connectivity index (χ2n) is 4.77. The van der Waals surface area contributed by atoms with Gasteiger partial charge in [0, 0.05) is 23.2 Å². The molecule has 1 aliphatic rings. The third-order valence-corrected chi connectivity index (χ3v) is 4.42. The van der Waals surface area contributed by atoms with Gasteiger partial charge in [-0.25, -0.2) is 4.79 Å². The van der Waals surface area contributed by atoms with E-state index in [1.807, 2.05) is 11.4 Å². The van der Waals surface area contributed by atoms with E-state index >= 15 is 0 Å². The number of aliphatic carboxylic acids is 1. The van der Waals surface area contributed by atoms with Gasteiger partial charge in [0.2, 0.25) is 0 Å². The summed E-state index contributed by atoms with van der Waals surface area (Å²) in [4.78, 5) is 14.2. The van der Waals surface area contributed by atoms with Crippen molar-refractivity contribution in [2.45, 2.75) is 13.0 Å². The molecule has 1 aliphatic heterocycles. The van der Waals surface area contributed by atoms with Crippen LogP contribution in [0.15, 0.2) is 41.8 Å². The molecular weight excluding hydrogens is 270 g/mol. The van der Waals surface area contributed by atoms with Crippen LogP contribution in [0.3, 0.4) is 0 Å². The van der Waals surface area contributed by atoms with Crippen LogP contribution >= 0.6 is 11.3 Å². The highest BCUT2D eigenvalue weighted by Gasteiger charge is 2.19. The van der Waals surface area contributed by atoms with Crippen LogP contribution in [0.25, 0.3) is 6.08 Å². The molecule has 0 bridgehead atoms. The molecule has 20 heavy (non-hydrogen) atoms. The minimum Gasteiger partial charge on any atom is -0.478 e. The highest BCUT2D eigenvalue weighted by Crippen LogP contribution is 2.31. The van der Waals surface area contributed by atoms with Crippen LogP contribution in [-0.4, -0.2) is 17.6 Å². The Bertz CT molecular complexity index is 660. The fourth-order valence-electron chi connectivity index (χ4n) is 2.53. The Morgan fingerprint density at radius 2 is 2.20 bits per heavy atom. The molecule has 102 valence electrons. The number of hydrogen-bond acceptors (Lipinski definition) is 3. The van der Waals surface area contributed by atoms with Crippen LogP contribution in [0.1, 0.15) is 16.0 Å². The van der Waals surface area contributed by atoms with Gasteiger partial charge in [0.25, 0.3) is 0 Å². The Kier molecular flexibility index (Phi) is 3.56. The van der Waals surface area contributed by atoms with Crippen LogP contribution in [0.5, 0.6) is 0 Å². The lowest BCUT2D eigenvalue weighted by atomic mass is 10.2. The van der Waals surface area contributed by atoms with Crippen molar-refractivity contribution in [3.05, 3.63) is 57.8 Å². The minimum absolute atomic E-state index is 0.841. The molecule has 0 saturated carbocycles. The quantitative estimate of drug-likeness (QED) is 0.875. The number of benzene rings is 1. The van der Waals surface area contributed by atoms with Crippen molar-refractivity contribution in [1.29, 1.82) is 0 Å². The molecule has 3 nitrogen and oxygen atoms in total.